The molecule has 0 saturated carbocycles. The van der Waals surface area contributed by atoms with Gasteiger partial charge in [0.2, 0.25) is 0 Å². The Balaban J connectivity index is 1.78. The van der Waals surface area contributed by atoms with Crippen LogP contribution in [0.3, 0.4) is 0 Å². The van der Waals surface area contributed by atoms with Crippen LogP contribution in [0.5, 0.6) is 0 Å². The van der Waals surface area contributed by atoms with Crippen LogP contribution in [0.15, 0.2) is 29.9 Å². The van der Waals surface area contributed by atoms with Crippen molar-refractivity contribution in [2.75, 3.05) is 12.4 Å². The Morgan fingerprint density at radius 1 is 1.30 bits per heavy atom. The highest BCUT2D eigenvalue weighted by Crippen LogP contribution is 2.30. The topological polar surface area (TPSA) is 69.0 Å². The second-order valence-corrected chi connectivity index (χ2v) is 7.30. The Hall–Kier alpha value is -2.51. The number of hydrogen-bond acceptors (Lipinski definition) is 5. The number of aryl methyl sites for hydroxylation is 1. The number of anilines is 1. The molecule has 1 N–H and O–H groups in total. The van der Waals surface area contributed by atoms with Gasteiger partial charge in [-0.3, -0.25) is 15.1 Å². The van der Waals surface area contributed by atoms with E-state index in [-0.39, 0.29) is 5.91 Å². The number of ether oxygens (including phenoxy) is 1. The van der Waals surface area contributed by atoms with Gasteiger partial charge in [-0.05, 0) is 38.0 Å². The van der Waals surface area contributed by atoms with Crippen LogP contribution in [-0.2, 0) is 17.9 Å². The van der Waals surface area contributed by atoms with Gasteiger partial charge < -0.3 is 9.30 Å². The van der Waals surface area contributed by atoms with E-state index in [4.69, 9.17) is 4.74 Å². The second kappa shape index (κ2) is 8.45. The summed E-state index contributed by atoms with van der Waals surface area (Å²) in [5.41, 5.74) is 5.77. The molecule has 3 aromatic rings. The molecule has 1 amide bonds. The fourth-order valence-corrected chi connectivity index (χ4v) is 3.82. The van der Waals surface area contributed by atoms with E-state index in [0.29, 0.717) is 17.3 Å². The maximum atomic E-state index is 12.5. The van der Waals surface area contributed by atoms with Gasteiger partial charge in [-0.25, -0.2) is 4.98 Å². The van der Waals surface area contributed by atoms with Gasteiger partial charge in [0.1, 0.15) is 0 Å². The predicted molar refractivity (Wildman–Crippen MR) is 108 cm³/mol. The van der Waals surface area contributed by atoms with Crippen LogP contribution in [-0.4, -0.2) is 27.6 Å². The minimum absolute atomic E-state index is 0.224. The molecule has 3 aromatic heterocycles. The summed E-state index contributed by atoms with van der Waals surface area (Å²) in [6.07, 6.45) is 4.32. The lowest BCUT2D eigenvalue weighted by molar-refractivity contribution is 0.102. The van der Waals surface area contributed by atoms with Crippen molar-refractivity contribution in [1.29, 1.82) is 0 Å². The Bertz CT molecular complexity index is 945. The Morgan fingerprint density at radius 2 is 2.11 bits per heavy atom. The summed E-state index contributed by atoms with van der Waals surface area (Å²) >= 11 is 1.42. The Morgan fingerprint density at radius 3 is 2.85 bits per heavy atom. The van der Waals surface area contributed by atoms with Crippen LogP contribution in [0, 0.1) is 13.8 Å². The van der Waals surface area contributed by atoms with Crippen LogP contribution in [0.2, 0.25) is 0 Å². The fourth-order valence-electron chi connectivity index (χ4n) is 3.11. The smallest absolute Gasteiger partial charge is 0.259 e. The zero-order chi connectivity index (χ0) is 19.4. The largest absolute Gasteiger partial charge is 0.380 e. The summed E-state index contributed by atoms with van der Waals surface area (Å²) in [6.45, 7) is 7.81. The van der Waals surface area contributed by atoms with Gasteiger partial charge >= 0.3 is 0 Å². The quantitative estimate of drug-likeness (QED) is 0.654. The summed E-state index contributed by atoms with van der Waals surface area (Å²) in [6, 6.07) is 3.93. The lowest BCUT2D eigenvalue weighted by Crippen LogP contribution is -2.12. The average Bonchev–Trinajstić information content (AvgIpc) is 3.22. The number of thiazole rings is 1. The summed E-state index contributed by atoms with van der Waals surface area (Å²) in [7, 11) is 1.61. The van der Waals surface area contributed by atoms with Gasteiger partial charge in [-0.15, -0.1) is 11.3 Å². The molecule has 0 unspecified atom stereocenters. The van der Waals surface area contributed by atoms with Crippen molar-refractivity contribution in [2.24, 2.45) is 0 Å². The van der Waals surface area contributed by atoms with E-state index in [0.717, 1.165) is 29.8 Å². The highest BCUT2D eigenvalue weighted by atomic mass is 32.1. The molecule has 0 fully saturated rings. The lowest BCUT2D eigenvalue weighted by atomic mass is 10.2. The van der Waals surface area contributed by atoms with E-state index in [1.165, 1.54) is 22.7 Å². The first-order chi connectivity index (χ1) is 13.0. The molecular formula is C20H24N4O2S. The molecule has 3 heterocycles. The number of carbonyl (C=O) groups excluding carboxylic acids is 1. The van der Waals surface area contributed by atoms with Crippen molar-refractivity contribution in [3.63, 3.8) is 0 Å². The third kappa shape index (κ3) is 4.26. The molecule has 0 spiro atoms. The van der Waals surface area contributed by atoms with Gasteiger partial charge in [0, 0.05) is 48.4 Å². The highest BCUT2D eigenvalue weighted by Gasteiger charge is 2.15. The number of methoxy groups -OCH3 is 1. The van der Waals surface area contributed by atoms with Crippen LogP contribution in [0.25, 0.3) is 11.3 Å². The predicted octanol–water partition coefficient (Wildman–Crippen LogP) is 4.43. The zero-order valence-electron chi connectivity index (χ0n) is 16.1. The summed E-state index contributed by atoms with van der Waals surface area (Å²) in [5, 5.41) is 5.42. The van der Waals surface area contributed by atoms with Gasteiger partial charge in [0.25, 0.3) is 5.91 Å². The summed E-state index contributed by atoms with van der Waals surface area (Å²) in [4.78, 5) is 21.2. The number of pyridine rings is 1. The number of rotatable bonds is 7. The molecule has 142 valence electrons. The SMILES string of the molecule is CCCn1c(C)cc(-c2csc(NC(=O)c3cncc(COC)c3)n2)c1C. The van der Waals surface area contributed by atoms with Gasteiger partial charge in [-0.1, -0.05) is 6.92 Å². The number of nitrogens with one attached hydrogen (secondary N) is 1. The highest BCUT2D eigenvalue weighted by molar-refractivity contribution is 7.14. The third-order valence-electron chi connectivity index (χ3n) is 4.39. The standard InChI is InChI=1S/C20H24N4O2S/c1-5-6-24-13(2)7-17(14(24)3)18-12-27-20(22-18)23-19(25)16-8-15(11-26-4)9-21-10-16/h7-10,12H,5-6,11H2,1-4H3,(H,22,23,25). The molecule has 0 bridgehead atoms. The molecule has 6 nitrogen and oxygen atoms in total. The van der Waals surface area contributed by atoms with Crippen LogP contribution in [0.1, 0.15) is 40.7 Å². The van der Waals surface area contributed by atoms with Crippen LogP contribution < -0.4 is 5.32 Å². The molecule has 0 saturated heterocycles. The Kier molecular flexibility index (Phi) is 6.03. The molecule has 0 aromatic carbocycles. The van der Waals surface area contributed by atoms with E-state index in [2.05, 4.69) is 46.7 Å². The van der Waals surface area contributed by atoms with E-state index < -0.39 is 0 Å². The lowest BCUT2D eigenvalue weighted by Gasteiger charge is -2.07. The minimum Gasteiger partial charge on any atom is -0.380 e. The van der Waals surface area contributed by atoms with Gasteiger partial charge in [0.05, 0.1) is 17.9 Å². The number of amides is 1. The van der Waals surface area contributed by atoms with Crippen molar-refractivity contribution in [3.05, 3.63) is 52.4 Å². The van der Waals surface area contributed by atoms with E-state index in [1.54, 1.807) is 25.6 Å². The number of nitrogens with zero attached hydrogens (tertiary/aromatic N) is 3. The maximum absolute atomic E-state index is 12.5. The van der Waals surface area contributed by atoms with Crippen molar-refractivity contribution in [2.45, 2.75) is 40.3 Å². The normalized spacial score (nSPS) is 11.0. The number of hydrogen-bond donors (Lipinski definition) is 1. The summed E-state index contributed by atoms with van der Waals surface area (Å²) in [5.74, 6) is -0.224. The molecule has 3 rings (SSSR count). The van der Waals surface area contributed by atoms with Crippen molar-refractivity contribution in [1.82, 2.24) is 14.5 Å². The summed E-state index contributed by atoms with van der Waals surface area (Å²) < 4.78 is 7.39. The molecule has 0 aliphatic carbocycles. The molecule has 7 heteroatoms. The second-order valence-electron chi connectivity index (χ2n) is 6.44. The minimum atomic E-state index is -0.224. The first kappa shape index (κ1) is 19.3. The van der Waals surface area contributed by atoms with Crippen molar-refractivity contribution in [3.8, 4) is 11.3 Å². The number of carbonyl (C=O) groups is 1. The fraction of sp³-hybridized carbons (Fsp3) is 0.350. The first-order valence-electron chi connectivity index (χ1n) is 8.90. The average molecular weight is 385 g/mol. The third-order valence-corrected chi connectivity index (χ3v) is 5.15. The van der Waals surface area contributed by atoms with E-state index in [9.17, 15) is 4.79 Å². The first-order valence-corrected chi connectivity index (χ1v) is 9.78. The molecule has 0 aliphatic heterocycles. The molecule has 0 aliphatic rings. The molecule has 0 radical (unpaired) electrons. The van der Waals surface area contributed by atoms with Crippen LogP contribution >= 0.6 is 11.3 Å². The molecule has 27 heavy (non-hydrogen) atoms. The maximum Gasteiger partial charge on any atom is 0.259 e. The zero-order valence-corrected chi connectivity index (χ0v) is 16.9. The van der Waals surface area contributed by atoms with Crippen LogP contribution in [0.4, 0.5) is 5.13 Å². The van der Waals surface area contributed by atoms with Gasteiger partial charge in [0.15, 0.2) is 5.13 Å². The van der Waals surface area contributed by atoms with Gasteiger partial charge in [-0.2, -0.15) is 0 Å². The number of aromatic nitrogens is 3. The van der Waals surface area contributed by atoms with E-state index >= 15 is 0 Å². The molecule has 0 atom stereocenters. The Labute approximate surface area is 163 Å². The van der Waals surface area contributed by atoms with E-state index in [1.807, 2.05) is 5.38 Å². The monoisotopic (exact) mass is 384 g/mol. The van der Waals surface area contributed by atoms with Crippen molar-refractivity contribution >= 4 is 22.4 Å². The van der Waals surface area contributed by atoms with Crippen molar-refractivity contribution < 1.29 is 9.53 Å². The molecular weight excluding hydrogens is 360 g/mol.